The molecule has 0 bridgehead atoms. The lowest BCUT2D eigenvalue weighted by molar-refractivity contribution is -0.115. The van der Waals surface area contributed by atoms with E-state index in [1.54, 1.807) is 7.11 Å². The third-order valence-electron chi connectivity index (χ3n) is 5.21. The number of carbonyl (C=O) groups excluding carboxylic acids is 1. The summed E-state index contributed by atoms with van der Waals surface area (Å²) >= 11 is 6.40. The molecule has 0 saturated carbocycles. The molecule has 1 heterocycles. The zero-order valence-electron chi connectivity index (χ0n) is 18.6. The van der Waals surface area contributed by atoms with E-state index in [0.29, 0.717) is 21.6 Å². The van der Waals surface area contributed by atoms with E-state index in [4.69, 9.17) is 21.7 Å². The highest BCUT2D eigenvalue weighted by molar-refractivity contribution is 8.26. The Hall–Kier alpha value is -3.29. The first kappa shape index (κ1) is 22.9. The SMILES string of the molecule is COc1ccc(COc2ccc(-c3ccc(N(C)C)cc3)cc2C=C2SC(=S)NC2=O)cc1. The van der Waals surface area contributed by atoms with Crippen molar-refractivity contribution >= 4 is 46.0 Å². The van der Waals surface area contributed by atoms with E-state index >= 15 is 0 Å². The summed E-state index contributed by atoms with van der Waals surface area (Å²) < 4.78 is 11.8. The number of hydrogen-bond donors (Lipinski definition) is 1. The average molecular weight is 477 g/mol. The molecule has 1 aliphatic rings. The summed E-state index contributed by atoms with van der Waals surface area (Å²) in [6.07, 6.45) is 1.83. The first-order valence-corrected chi connectivity index (χ1v) is 11.6. The van der Waals surface area contributed by atoms with Gasteiger partial charge in [-0.15, -0.1) is 0 Å². The Bertz CT molecular complexity index is 1200. The molecule has 0 radical (unpaired) electrons. The van der Waals surface area contributed by atoms with E-state index in [1.807, 2.05) is 62.6 Å². The number of thiocarbonyl (C=S) groups is 1. The zero-order valence-corrected chi connectivity index (χ0v) is 20.3. The minimum absolute atomic E-state index is 0.188. The van der Waals surface area contributed by atoms with Crippen LogP contribution in [0.5, 0.6) is 11.5 Å². The van der Waals surface area contributed by atoms with Crippen LogP contribution in [0.1, 0.15) is 11.1 Å². The van der Waals surface area contributed by atoms with Crippen molar-refractivity contribution in [2.45, 2.75) is 6.61 Å². The number of anilines is 1. The van der Waals surface area contributed by atoms with Gasteiger partial charge in [0.1, 0.15) is 22.4 Å². The van der Waals surface area contributed by atoms with Crippen molar-refractivity contribution in [2.75, 3.05) is 26.1 Å². The zero-order chi connectivity index (χ0) is 23.4. The molecule has 3 aromatic rings. The smallest absolute Gasteiger partial charge is 0.263 e. The molecule has 168 valence electrons. The maximum Gasteiger partial charge on any atom is 0.263 e. The lowest BCUT2D eigenvalue weighted by Crippen LogP contribution is -2.17. The molecule has 33 heavy (non-hydrogen) atoms. The standard InChI is InChI=1S/C26H24N2O3S2/c1-28(2)21-9-6-18(7-10-21)19-8-13-23(31-16-17-4-11-22(30-3)12-5-17)20(14-19)15-24-25(29)27-26(32)33-24/h4-15H,16H2,1-3H3,(H,27,29,32). The Labute approximate surface area is 203 Å². The van der Waals surface area contributed by atoms with Crippen LogP contribution in [0.4, 0.5) is 5.69 Å². The fourth-order valence-electron chi connectivity index (χ4n) is 3.37. The van der Waals surface area contributed by atoms with Crippen LogP contribution in [0.2, 0.25) is 0 Å². The Kier molecular flexibility index (Phi) is 7.01. The second kappa shape index (κ2) is 10.1. The van der Waals surface area contributed by atoms with E-state index in [2.05, 4.69) is 34.5 Å². The van der Waals surface area contributed by atoms with E-state index in [0.717, 1.165) is 33.7 Å². The summed E-state index contributed by atoms with van der Waals surface area (Å²) in [6, 6.07) is 22.1. The first-order chi connectivity index (χ1) is 15.9. The first-order valence-electron chi connectivity index (χ1n) is 10.4. The third-order valence-corrected chi connectivity index (χ3v) is 6.37. The maximum absolute atomic E-state index is 12.3. The molecule has 7 heteroatoms. The summed E-state index contributed by atoms with van der Waals surface area (Å²) in [7, 11) is 5.68. The molecule has 1 amide bonds. The van der Waals surface area contributed by atoms with Gasteiger partial charge in [0.15, 0.2) is 0 Å². The van der Waals surface area contributed by atoms with Gasteiger partial charge in [-0.2, -0.15) is 0 Å². The molecule has 0 spiro atoms. The van der Waals surface area contributed by atoms with Gasteiger partial charge in [0.05, 0.1) is 12.0 Å². The number of amides is 1. The van der Waals surface area contributed by atoms with Crippen LogP contribution in [0.15, 0.2) is 71.6 Å². The summed E-state index contributed by atoms with van der Waals surface area (Å²) in [5, 5.41) is 2.67. The van der Waals surface area contributed by atoms with Crippen LogP contribution in [0.25, 0.3) is 17.2 Å². The normalized spacial score (nSPS) is 14.3. The van der Waals surface area contributed by atoms with Crippen LogP contribution in [0, 0.1) is 0 Å². The maximum atomic E-state index is 12.3. The molecule has 1 aliphatic heterocycles. The molecule has 0 aromatic heterocycles. The summed E-state index contributed by atoms with van der Waals surface area (Å²) in [5.41, 5.74) is 5.09. The highest BCUT2D eigenvalue weighted by atomic mass is 32.2. The van der Waals surface area contributed by atoms with E-state index in [-0.39, 0.29) is 5.91 Å². The second-order valence-electron chi connectivity index (χ2n) is 7.68. The van der Waals surface area contributed by atoms with Gasteiger partial charge < -0.3 is 19.7 Å². The monoisotopic (exact) mass is 476 g/mol. The highest BCUT2D eigenvalue weighted by Crippen LogP contribution is 2.33. The topological polar surface area (TPSA) is 50.8 Å². The Balaban J connectivity index is 1.65. The van der Waals surface area contributed by atoms with Crippen LogP contribution >= 0.6 is 24.0 Å². The summed E-state index contributed by atoms with van der Waals surface area (Å²) in [5.74, 6) is 1.30. The summed E-state index contributed by atoms with van der Waals surface area (Å²) in [6.45, 7) is 0.398. The van der Waals surface area contributed by atoms with Gasteiger partial charge in [0.2, 0.25) is 0 Å². The molecule has 1 N–H and O–H groups in total. The van der Waals surface area contributed by atoms with Crippen molar-refractivity contribution in [3.8, 4) is 22.6 Å². The molecular weight excluding hydrogens is 452 g/mol. The van der Waals surface area contributed by atoms with E-state index < -0.39 is 0 Å². The number of thioether (sulfide) groups is 1. The molecular formula is C26H24N2O3S2. The van der Waals surface area contributed by atoms with Crippen LogP contribution in [-0.2, 0) is 11.4 Å². The largest absolute Gasteiger partial charge is 0.497 e. The second-order valence-corrected chi connectivity index (χ2v) is 9.40. The van der Waals surface area contributed by atoms with Crippen molar-refractivity contribution < 1.29 is 14.3 Å². The predicted octanol–water partition coefficient (Wildman–Crippen LogP) is 5.50. The van der Waals surface area contributed by atoms with Crippen molar-refractivity contribution in [1.82, 2.24) is 5.32 Å². The Morgan fingerprint density at radius 3 is 2.30 bits per heavy atom. The molecule has 1 fully saturated rings. The number of nitrogens with zero attached hydrogens (tertiary/aromatic N) is 1. The molecule has 3 aromatic carbocycles. The third kappa shape index (κ3) is 5.56. The minimum Gasteiger partial charge on any atom is -0.497 e. The number of methoxy groups -OCH3 is 1. The minimum atomic E-state index is -0.188. The van der Waals surface area contributed by atoms with Gasteiger partial charge in [-0.3, -0.25) is 4.79 Å². The predicted molar refractivity (Wildman–Crippen MR) is 140 cm³/mol. The number of ether oxygens (including phenoxy) is 2. The fourth-order valence-corrected chi connectivity index (χ4v) is 4.40. The van der Waals surface area contributed by atoms with Crippen molar-refractivity contribution in [3.63, 3.8) is 0 Å². The van der Waals surface area contributed by atoms with E-state index in [1.165, 1.54) is 11.8 Å². The number of benzene rings is 3. The number of nitrogens with one attached hydrogen (secondary N) is 1. The van der Waals surface area contributed by atoms with E-state index in [9.17, 15) is 4.79 Å². The fraction of sp³-hybridized carbons (Fsp3) is 0.154. The van der Waals surface area contributed by atoms with Crippen molar-refractivity contribution in [3.05, 3.63) is 82.8 Å². The molecule has 0 unspecified atom stereocenters. The van der Waals surface area contributed by atoms with Gasteiger partial charge in [-0.05, 0) is 59.2 Å². The van der Waals surface area contributed by atoms with Gasteiger partial charge >= 0.3 is 0 Å². The molecule has 1 saturated heterocycles. The number of hydrogen-bond acceptors (Lipinski definition) is 6. The Morgan fingerprint density at radius 2 is 1.70 bits per heavy atom. The van der Waals surface area contributed by atoms with Gasteiger partial charge in [-0.25, -0.2) is 0 Å². The van der Waals surface area contributed by atoms with Gasteiger partial charge in [0.25, 0.3) is 5.91 Å². The van der Waals surface area contributed by atoms with Crippen LogP contribution in [-0.4, -0.2) is 31.4 Å². The van der Waals surface area contributed by atoms with Gasteiger partial charge in [0, 0.05) is 25.3 Å². The quantitative estimate of drug-likeness (QED) is 0.359. The van der Waals surface area contributed by atoms with Crippen molar-refractivity contribution in [2.24, 2.45) is 0 Å². The molecule has 4 rings (SSSR count). The van der Waals surface area contributed by atoms with Crippen LogP contribution < -0.4 is 19.7 Å². The molecule has 0 atom stereocenters. The average Bonchev–Trinajstić information content (AvgIpc) is 3.14. The Morgan fingerprint density at radius 1 is 1.00 bits per heavy atom. The van der Waals surface area contributed by atoms with Crippen molar-refractivity contribution in [1.29, 1.82) is 0 Å². The molecule has 5 nitrogen and oxygen atoms in total. The summed E-state index contributed by atoms with van der Waals surface area (Å²) in [4.78, 5) is 14.9. The molecule has 0 aliphatic carbocycles. The van der Waals surface area contributed by atoms with Gasteiger partial charge in [-0.1, -0.05) is 54.3 Å². The van der Waals surface area contributed by atoms with Crippen LogP contribution in [0.3, 0.4) is 0 Å². The number of rotatable bonds is 7. The lowest BCUT2D eigenvalue weighted by atomic mass is 10.0. The highest BCUT2D eigenvalue weighted by Gasteiger charge is 2.22. The number of carbonyl (C=O) groups is 1. The lowest BCUT2D eigenvalue weighted by Gasteiger charge is -2.14.